The van der Waals surface area contributed by atoms with Crippen LogP contribution in [0.5, 0.6) is 5.75 Å². The number of nitrogens with one attached hydrogen (secondary N) is 2. The molecule has 1 aliphatic rings. The smallest absolute Gasteiger partial charge is 0.322 e. The molecule has 2 N–H and O–H groups in total. The second-order valence-corrected chi connectivity index (χ2v) is 7.64. The lowest BCUT2D eigenvalue weighted by molar-refractivity contribution is -0.117. The first kappa shape index (κ1) is 19.8. The van der Waals surface area contributed by atoms with E-state index in [1.165, 1.54) is 0 Å². The first-order chi connectivity index (χ1) is 14.5. The van der Waals surface area contributed by atoms with Crippen LogP contribution in [0.2, 0.25) is 0 Å². The molecule has 0 spiro atoms. The Kier molecular flexibility index (Phi) is 5.31. The Morgan fingerprint density at radius 3 is 2.63 bits per heavy atom. The molecular weight excluding hydrogens is 378 g/mol. The van der Waals surface area contributed by atoms with Crippen molar-refractivity contribution >= 4 is 34.1 Å². The first-order valence-corrected chi connectivity index (χ1v) is 10.0. The van der Waals surface area contributed by atoms with Gasteiger partial charge in [-0.15, -0.1) is 0 Å². The summed E-state index contributed by atoms with van der Waals surface area (Å²) in [5.74, 6) is 0.384. The van der Waals surface area contributed by atoms with Crippen LogP contribution < -0.4 is 20.3 Å². The summed E-state index contributed by atoms with van der Waals surface area (Å²) in [5.41, 5.74) is 2.37. The molecule has 1 fully saturated rings. The number of methoxy groups -OCH3 is 1. The quantitative estimate of drug-likeness (QED) is 0.659. The van der Waals surface area contributed by atoms with Crippen molar-refractivity contribution in [1.29, 1.82) is 0 Å². The third-order valence-corrected chi connectivity index (χ3v) is 5.56. The maximum atomic E-state index is 12.9. The molecule has 1 heterocycles. The van der Waals surface area contributed by atoms with Gasteiger partial charge in [-0.3, -0.25) is 9.69 Å². The SMILES string of the molecule is COc1ccc2cc([C@H](C)C(=O)Nc3cccc(N4C(=O)NCC4C)c3)ccc2c1. The average molecular weight is 403 g/mol. The maximum absolute atomic E-state index is 12.9. The third-order valence-electron chi connectivity index (χ3n) is 5.56. The highest BCUT2D eigenvalue weighted by Crippen LogP contribution is 2.27. The highest BCUT2D eigenvalue weighted by Gasteiger charge is 2.28. The van der Waals surface area contributed by atoms with Crippen LogP contribution in [0.3, 0.4) is 0 Å². The molecule has 0 bridgehead atoms. The number of urea groups is 1. The van der Waals surface area contributed by atoms with E-state index in [0.29, 0.717) is 12.2 Å². The summed E-state index contributed by atoms with van der Waals surface area (Å²) in [6.45, 7) is 4.49. The van der Waals surface area contributed by atoms with Gasteiger partial charge in [-0.1, -0.05) is 30.3 Å². The van der Waals surface area contributed by atoms with Gasteiger partial charge in [0.25, 0.3) is 0 Å². The van der Waals surface area contributed by atoms with Gasteiger partial charge in [0.2, 0.25) is 5.91 Å². The number of hydrogen-bond donors (Lipinski definition) is 2. The Balaban J connectivity index is 1.52. The van der Waals surface area contributed by atoms with Gasteiger partial charge >= 0.3 is 6.03 Å². The molecule has 1 unspecified atom stereocenters. The van der Waals surface area contributed by atoms with E-state index in [1.54, 1.807) is 12.0 Å². The number of ether oxygens (including phenoxy) is 1. The molecule has 0 radical (unpaired) electrons. The van der Waals surface area contributed by atoms with Crippen molar-refractivity contribution < 1.29 is 14.3 Å². The zero-order valence-electron chi connectivity index (χ0n) is 17.3. The molecule has 4 rings (SSSR count). The van der Waals surface area contributed by atoms with Crippen molar-refractivity contribution in [2.45, 2.75) is 25.8 Å². The van der Waals surface area contributed by atoms with Crippen molar-refractivity contribution in [3.05, 3.63) is 66.2 Å². The molecule has 1 saturated heterocycles. The van der Waals surface area contributed by atoms with Crippen LogP contribution in [-0.4, -0.2) is 31.6 Å². The lowest BCUT2D eigenvalue weighted by Gasteiger charge is -2.21. The molecule has 2 atom stereocenters. The van der Waals surface area contributed by atoms with Crippen LogP contribution in [0.4, 0.5) is 16.2 Å². The summed E-state index contributed by atoms with van der Waals surface area (Å²) >= 11 is 0. The largest absolute Gasteiger partial charge is 0.497 e. The minimum Gasteiger partial charge on any atom is -0.497 e. The molecule has 1 aliphatic heterocycles. The van der Waals surface area contributed by atoms with E-state index in [4.69, 9.17) is 4.74 Å². The van der Waals surface area contributed by atoms with Gasteiger partial charge < -0.3 is 15.4 Å². The van der Waals surface area contributed by atoms with Gasteiger partial charge in [-0.05, 0) is 60.5 Å². The number of nitrogens with zero attached hydrogens (tertiary/aromatic N) is 1. The standard InChI is InChI=1S/C24H25N3O3/c1-15-14-25-24(29)27(15)21-6-4-5-20(13-21)26-23(28)16(2)17-7-8-19-12-22(30-3)10-9-18(19)11-17/h4-13,15-16H,14H2,1-3H3,(H,25,29)(H,26,28)/t15?,16-/m0/s1. The van der Waals surface area contributed by atoms with Crippen LogP contribution in [0, 0.1) is 0 Å². The number of fused-ring (bicyclic) bond motifs is 1. The molecule has 6 nitrogen and oxygen atoms in total. The number of anilines is 2. The highest BCUT2D eigenvalue weighted by atomic mass is 16.5. The summed E-state index contributed by atoms with van der Waals surface area (Å²) in [5, 5.41) is 7.94. The van der Waals surface area contributed by atoms with E-state index in [-0.39, 0.29) is 23.9 Å². The summed E-state index contributed by atoms with van der Waals surface area (Å²) in [4.78, 5) is 26.7. The topological polar surface area (TPSA) is 70.7 Å². The molecule has 3 aromatic rings. The molecule has 30 heavy (non-hydrogen) atoms. The van der Waals surface area contributed by atoms with Gasteiger partial charge in [-0.2, -0.15) is 0 Å². The monoisotopic (exact) mass is 403 g/mol. The summed E-state index contributed by atoms with van der Waals surface area (Å²) in [6.07, 6.45) is 0. The van der Waals surface area contributed by atoms with Gasteiger partial charge in [-0.25, -0.2) is 4.79 Å². The second kappa shape index (κ2) is 8.06. The van der Waals surface area contributed by atoms with Crippen molar-refractivity contribution in [1.82, 2.24) is 5.32 Å². The van der Waals surface area contributed by atoms with E-state index < -0.39 is 0 Å². The number of amides is 3. The van der Waals surface area contributed by atoms with E-state index in [0.717, 1.165) is 27.8 Å². The summed E-state index contributed by atoms with van der Waals surface area (Å²) in [7, 11) is 1.65. The van der Waals surface area contributed by atoms with Crippen LogP contribution >= 0.6 is 0 Å². The normalized spacial score (nSPS) is 17.0. The van der Waals surface area contributed by atoms with E-state index >= 15 is 0 Å². The van der Waals surface area contributed by atoms with Crippen LogP contribution in [-0.2, 0) is 4.79 Å². The lowest BCUT2D eigenvalue weighted by Crippen LogP contribution is -2.32. The van der Waals surface area contributed by atoms with Crippen LogP contribution in [0.15, 0.2) is 60.7 Å². The zero-order chi connectivity index (χ0) is 21.3. The first-order valence-electron chi connectivity index (χ1n) is 10.0. The summed E-state index contributed by atoms with van der Waals surface area (Å²) in [6, 6.07) is 19.2. The molecule has 154 valence electrons. The second-order valence-electron chi connectivity index (χ2n) is 7.64. The van der Waals surface area contributed by atoms with Crippen LogP contribution in [0.25, 0.3) is 10.8 Å². The van der Waals surface area contributed by atoms with E-state index in [2.05, 4.69) is 10.6 Å². The predicted octanol–water partition coefficient (Wildman–Crippen LogP) is 4.51. The number of hydrogen-bond acceptors (Lipinski definition) is 3. The Labute approximate surface area is 175 Å². The molecule has 3 amide bonds. The number of carbonyl (C=O) groups is 2. The lowest BCUT2D eigenvalue weighted by atomic mass is 9.97. The third kappa shape index (κ3) is 3.81. The van der Waals surface area contributed by atoms with Gasteiger partial charge in [0.1, 0.15) is 5.75 Å². The van der Waals surface area contributed by atoms with Gasteiger partial charge in [0.15, 0.2) is 0 Å². The van der Waals surface area contributed by atoms with Crippen molar-refractivity contribution in [3.63, 3.8) is 0 Å². The Bertz CT molecular complexity index is 1110. The number of benzene rings is 3. The fraction of sp³-hybridized carbons (Fsp3) is 0.250. The molecule has 0 saturated carbocycles. The molecule has 0 aliphatic carbocycles. The Morgan fingerprint density at radius 2 is 1.90 bits per heavy atom. The van der Waals surface area contributed by atoms with Gasteiger partial charge in [0.05, 0.1) is 19.1 Å². The zero-order valence-corrected chi connectivity index (χ0v) is 17.3. The van der Waals surface area contributed by atoms with E-state index in [9.17, 15) is 9.59 Å². The molecule has 0 aromatic heterocycles. The fourth-order valence-corrected chi connectivity index (χ4v) is 3.76. The molecule has 6 heteroatoms. The number of rotatable bonds is 5. The Hall–Kier alpha value is -3.54. The van der Waals surface area contributed by atoms with Crippen LogP contribution in [0.1, 0.15) is 25.3 Å². The minimum absolute atomic E-state index is 0.0681. The van der Waals surface area contributed by atoms with Crippen molar-refractivity contribution in [2.24, 2.45) is 0 Å². The number of carbonyl (C=O) groups excluding carboxylic acids is 2. The average Bonchev–Trinajstić information content (AvgIpc) is 3.10. The van der Waals surface area contributed by atoms with Crippen molar-refractivity contribution in [3.8, 4) is 5.75 Å². The maximum Gasteiger partial charge on any atom is 0.322 e. The van der Waals surface area contributed by atoms with Gasteiger partial charge in [0, 0.05) is 17.9 Å². The molecule has 3 aromatic carbocycles. The summed E-state index contributed by atoms with van der Waals surface area (Å²) < 4.78 is 5.27. The Morgan fingerprint density at radius 1 is 1.13 bits per heavy atom. The fourth-order valence-electron chi connectivity index (χ4n) is 3.76. The minimum atomic E-state index is -0.325. The van der Waals surface area contributed by atoms with Crippen molar-refractivity contribution in [2.75, 3.05) is 23.9 Å². The highest BCUT2D eigenvalue weighted by molar-refractivity contribution is 5.99. The predicted molar refractivity (Wildman–Crippen MR) is 119 cm³/mol. The molecular formula is C24H25N3O3. The van der Waals surface area contributed by atoms with E-state index in [1.807, 2.05) is 74.5 Å².